The first-order chi connectivity index (χ1) is 62.9. The molecule has 2 aromatic heterocycles. The molecule has 2 heterocycles. The molecule has 0 N–H and O–H groups in total. The minimum atomic E-state index is -0.430. The fraction of sp³-hybridized carbons (Fsp3) is 0.0244. The van der Waals surface area contributed by atoms with Crippen molar-refractivity contribution in [1.29, 1.82) is 0 Å². The maximum absolute atomic E-state index is 6.83. The fourth-order valence-electron chi connectivity index (χ4n) is 21.7. The Bertz CT molecular complexity index is 8000. The quantitative estimate of drug-likeness (QED) is 0.122. The maximum atomic E-state index is 6.83. The van der Waals surface area contributed by atoms with E-state index in [1.54, 1.807) is 0 Å². The van der Waals surface area contributed by atoms with Crippen molar-refractivity contribution >= 4 is 78.0 Å². The molecule has 594 valence electrons. The Labute approximate surface area is 737 Å². The Morgan fingerprint density at radius 2 is 0.441 bits per heavy atom. The minimum Gasteiger partial charge on any atom is -0.455 e. The Balaban J connectivity index is 0.000000138. The molecule has 0 aliphatic heterocycles. The van der Waals surface area contributed by atoms with Crippen LogP contribution in [0.25, 0.3) is 155 Å². The van der Waals surface area contributed by atoms with Gasteiger partial charge in [-0.3, -0.25) is 0 Å². The number of fused-ring (bicyclic) bond motifs is 26. The zero-order valence-corrected chi connectivity index (χ0v) is 69.7. The molecule has 4 heteroatoms. The van der Waals surface area contributed by atoms with E-state index in [1.807, 2.05) is 0 Å². The van der Waals surface area contributed by atoms with E-state index in [2.05, 4.69) is 484 Å². The van der Waals surface area contributed by atoms with Crippen molar-refractivity contribution in [2.45, 2.75) is 17.8 Å². The normalized spacial score (nSPS) is 12.9. The summed E-state index contributed by atoms with van der Waals surface area (Å²) in [5, 5.41) is 4.46. The molecule has 2 spiro atoms. The number of furan rings is 2. The van der Waals surface area contributed by atoms with Crippen molar-refractivity contribution in [1.82, 2.24) is 0 Å². The summed E-state index contributed by atoms with van der Waals surface area (Å²) in [6.07, 6.45) is 0. The number of para-hydroxylation sites is 4. The number of hydrogen-bond donors (Lipinski definition) is 0. The lowest BCUT2D eigenvalue weighted by atomic mass is 9.70. The Hall–Kier alpha value is -16.4. The van der Waals surface area contributed by atoms with Crippen LogP contribution in [0.5, 0.6) is 0 Å². The van der Waals surface area contributed by atoms with Crippen LogP contribution in [-0.4, -0.2) is 0 Å². The highest BCUT2D eigenvalue weighted by molar-refractivity contribution is 6.14. The molecule has 0 amide bonds. The molecule has 0 bridgehead atoms. The standard InChI is InChI=1S/C62H41NO.C61H39NO/c1-40-15-5-13-25-59(40)63(46-32-27-42(28-33-46)41-16-3-2-4-17-41)47-34-29-43(30-35-47)45-37-53(61-54(38-45)52-21-9-14-26-60(52)64-61)44-31-36-51-50-20-8-12-24-57(50)62(58(51)39-44)55-22-10-6-18-48(55)49-19-7-11-23-56(49)62;1-3-15-40(16-4-1)41-27-32-46(33-28-41)62(45-17-5-2-6-18-45)47-34-29-42(30-35-47)44-37-53(60-54(38-44)52-22-10-14-26-59(52)63-60)43-31-36-51-50-21-9-13-25-57(50)61(58(51)39-43)55-23-11-7-19-48(55)49-20-8-12-24-56(49)61/h2-39H,1H3;1-39H. The first kappa shape index (κ1) is 73.3. The van der Waals surface area contributed by atoms with Crippen molar-refractivity contribution in [2.75, 3.05) is 9.80 Å². The molecule has 4 aliphatic rings. The van der Waals surface area contributed by atoms with Gasteiger partial charge in [0.25, 0.3) is 0 Å². The van der Waals surface area contributed by atoms with E-state index in [9.17, 15) is 0 Å². The predicted molar refractivity (Wildman–Crippen MR) is 527 cm³/mol. The first-order valence-corrected chi connectivity index (χ1v) is 43.9. The monoisotopic (exact) mass is 1620 g/mol. The number of aryl methyl sites for hydroxylation is 1. The zero-order chi connectivity index (χ0) is 83.8. The lowest BCUT2D eigenvalue weighted by Gasteiger charge is -2.30. The highest BCUT2D eigenvalue weighted by Crippen LogP contribution is 2.66. The van der Waals surface area contributed by atoms with Gasteiger partial charge in [-0.2, -0.15) is 0 Å². The van der Waals surface area contributed by atoms with E-state index in [1.165, 1.54) is 117 Å². The third-order valence-electron chi connectivity index (χ3n) is 27.3. The van der Waals surface area contributed by atoms with Gasteiger partial charge in [-0.15, -0.1) is 0 Å². The Kier molecular flexibility index (Phi) is 17.0. The average Bonchev–Trinajstić information content (AvgIpc) is 1.51. The van der Waals surface area contributed by atoms with Crippen LogP contribution >= 0.6 is 0 Å². The van der Waals surface area contributed by atoms with Crippen molar-refractivity contribution in [3.8, 4) is 111 Å². The van der Waals surface area contributed by atoms with Crippen LogP contribution < -0.4 is 9.80 Å². The molecule has 0 saturated heterocycles. The van der Waals surface area contributed by atoms with E-state index in [4.69, 9.17) is 8.83 Å². The SMILES string of the molecule is Cc1ccccc1N(c1ccc(-c2ccccc2)cc1)c1ccc(-c2cc(-c3ccc4c(c3)C3(c5ccccc5-c5ccccc53)c3ccccc3-4)c3oc4ccccc4c3c2)cc1.c1ccc(-c2ccc(N(c3ccccc3)c3ccc(-c4cc(-c5ccc6c(c5)C5(c7ccccc7-c7ccccc75)c5ccccc5-6)c5oc6ccccc6c5c4)cc3)cc2)cc1. The van der Waals surface area contributed by atoms with Gasteiger partial charge in [-0.25, -0.2) is 0 Å². The molecule has 20 aromatic carbocycles. The molecule has 4 nitrogen and oxygen atoms in total. The molecule has 4 aliphatic carbocycles. The lowest BCUT2D eigenvalue weighted by Crippen LogP contribution is -2.25. The summed E-state index contributed by atoms with van der Waals surface area (Å²) in [6.45, 7) is 2.19. The maximum Gasteiger partial charge on any atom is 0.143 e. The number of anilines is 6. The second-order valence-corrected chi connectivity index (χ2v) is 34.0. The molecule has 26 rings (SSSR count). The fourth-order valence-corrected chi connectivity index (χ4v) is 21.7. The van der Waals surface area contributed by atoms with E-state index in [-0.39, 0.29) is 0 Å². The number of nitrogens with zero attached hydrogens (tertiary/aromatic N) is 2. The van der Waals surface area contributed by atoms with E-state index >= 15 is 0 Å². The minimum absolute atomic E-state index is 0.429. The van der Waals surface area contributed by atoms with Gasteiger partial charge >= 0.3 is 0 Å². The molecule has 0 saturated carbocycles. The van der Waals surface area contributed by atoms with Crippen LogP contribution in [0.15, 0.2) is 476 Å². The summed E-state index contributed by atoms with van der Waals surface area (Å²) >= 11 is 0. The van der Waals surface area contributed by atoms with Crippen LogP contribution in [0.4, 0.5) is 34.1 Å². The van der Waals surface area contributed by atoms with Crippen LogP contribution in [-0.2, 0) is 10.8 Å². The number of benzene rings is 20. The summed E-state index contributed by atoms with van der Waals surface area (Å²) < 4.78 is 13.6. The molecule has 0 unspecified atom stereocenters. The third kappa shape index (κ3) is 11.5. The van der Waals surface area contributed by atoms with Crippen LogP contribution in [0.1, 0.15) is 50.1 Å². The van der Waals surface area contributed by atoms with E-state index < -0.39 is 10.8 Å². The van der Waals surface area contributed by atoms with Gasteiger partial charge in [-0.05, 0) is 272 Å². The predicted octanol–water partition coefficient (Wildman–Crippen LogP) is 33.1. The highest BCUT2D eigenvalue weighted by atomic mass is 16.3. The topological polar surface area (TPSA) is 32.8 Å². The van der Waals surface area contributed by atoms with Crippen LogP contribution in [0.2, 0.25) is 0 Å². The van der Waals surface area contributed by atoms with Crippen LogP contribution in [0.3, 0.4) is 0 Å². The summed E-state index contributed by atoms with van der Waals surface area (Å²) in [5.74, 6) is 0. The average molecular weight is 1620 g/mol. The first-order valence-electron chi connectivity index (χ1n) is 43.9. The third-order valence-corrected chi connectivity index (χ3v) is 27.3. The van der Waals surface area contributed by atoms with Gasteiger partial charge in [0.1, 0.15) is 22.3 Å². The van der Waals surface area contributed by atoms with Crippen molar-refractivity contribution < 1.29 is 8.83 Å². The Morgan fingerprint density at radius 3 is 0.803 bits per heavy atom. The van der Waals surface area contributed by atoms with Gasteiger partial charge < -0.3 is 18.6 Å². The summed E-state index contributed by atoms with van der Waals surface area (Å²) in [4.78, 5) is 4.69. The van der Waals surface area contributed by atoms with Gasteiger partial charge in [-0.1, -0.05) is 352 Å². The Morgan fingerprint density at radius 1 is 0.173 bits per heavy atom. The molecular weight excluding hydrogens is 1540 g/mol. The van der Waals surface area contributed by atoms with E-state index in [0.29, 0.717) is 0 Å². The van der Waals surface area contributed by atoms with Gasteiger partial charge in [0.2, 0.25) is 0 Å². The lowest BCUT2D eigenvalue weighted by molar-refractivity contribution is 0.669. The second-order valence-electron chi connectivity index (χ2n) is 34.0. The molecule has 0 atom stereocenters. The molecule has 0 radical (unpaired) electrons. The smallest absolute Gasteiger partial charge is 0.143 e. The molecular formula is C123H80N2O2. The zero-order valence-electron chi connectivity index (χ0n) is 69.7. The van der Waals surface area contributed by atoms with Crippen molar-refractivity contribution in [2.24, 2.45) is 0 Å². The number of hydrogen-bond acceptors (Lipinski definition) is 4. The highest BCUT2D eigenvalue weighted by Gasteiger charge is 2.53. The van der Waals surface area contributed by atoms with Crippen LogP contribution in [0, 0.1) is 6.92 Å². The largest absolute Gasteiger partial charge is 0.455 e. The van der Waals surface area contributed by atoms with Crippen molar-refractivity contribution in [3.05, 3.63) is 517 Å². The van der Waals surface area contributed by atoms with Crippen molar-refractivity contribution in [3.63, 3.8) is 0 Å². The van der Waals surface area contributed by atoms with Gasteiger partial charge in [0.05, 0.1) is 10.8 Å². The summed E-state index contributed by atoms with van der Waals surface area (Å²) in [7, 11) is 0. The summed E-state index contributed by atoms with van der Waals surface area (Å²) in [6, 6.07) is 171. The summed E-state index contributed by atoms with van der Waals surface area (Å²) in [5.41, 5.74) is 45.5. The number of rotatable bonds is 12. The molecule has 0 fully saturated rings. The van der Waals surface area contributed by atoms with Gasteiger partial charge in [0.15, 0.2) is 0 Å². The molecule has 127 heavy (non-hydrogen) atoms. The van der Waals surface area contributed by atoms with E-state index in [0.717, 1.165) is 123 Å². The molecule has 22 aromatic rings. The second kappa shape index (κ2) is 29.4. The van der Waals surface area contributed by atoms with Gasteiger partial charge in [0, 0.05) is 66.8 Å².